The average Bonchev–Trinajstić information content (AvgIpc) is 3.46. The molecule has 0 fully saturated rings. The molecule has 6 rings (SSSR count). The zero-order valence-electron chi connectivity index (χ0n) is 17.5. The van der Waals surface area contributed by atoms with Crippen LogP contribution in [0, 0.1) is 0 Å². The molecule has 0 saturated carbocycles. The first kappa shape index (κ1) is 18.8. The Balaban J connectivity index is 1.17. The molecule has 0 bridgehead atoms. The molecule has 6 nitrogen and oxygen atoms in total. The van der Waals surface area contributed by atoms with Gasteiger partial charge in [0.15, 0.2) is 5.76 Å². The van der Waals surface area contributed by atoms with Crippen molar-refractivity contribution in [3.8, 4) is 0 Å². The monoisotopic (exact) mass is 422 g/mol. The SMILES string of the molecule is O=C(c1occc1CNc1ccc2nccnc2c1)N1CCC2=C(Cc3ccccc32)C1. The van der Waals surface area contributed by atoms with Gasteiger partial charge in [-0.1, -0.05) is 24.3 Å². The van der Waals surface area contributed by atoms with Crippen molar-refractivity contribution >= 4 is 28.2 Å². The summed E-state index contributed by atoms with van der Waals surface area (Å²) in [5.41, 5.74) is 8.96. The van der Waals surface area contributed by atoms with Crippen molar-refractivity contribution in [1.29, 1.82) is 0 Å². The fourth-order valence-electron chi connectivity index (χ4n) is 4.76. The van der Waals surface area contributed by atoms with Crippen molar-refractivity contribution in [2.24, 2.45) is 0 Å². The quantitative estimate of drug-likeness (QED) is 0.517. The van der Waals surface area contributed by atoms with Crippen LogP contribution in [-0.4, -0.2) is 33.9 Å². The van der Waals surface area contributed by atoms with E-state index >= 15 is 0 Å². The summed E-state index contributed by atoms with van der Waals surface area (Å²) in [4.78, 5) is 23.9. The summed E-state index contributed by atoms with van der Waals surface area (Å²) in [5.74, 6) is 0.372. The summed E-state index contributed by atoms with van der Waals surface area (Å²) in [6.45, 7) is 1.87. The van der Waals surface area contributed by atoms with Crippen LogP contribution < -0.4 is 5.32 Å². The number of carbonyl (C=O) groups excluding carboxylic acids is 1. The largest absolute Gasteiger partial charge is 0.459 e. The second kappa shape index (κ2) is 7.64. The lowest BCUT2D eigenvalue weighted by atomic mass is 9.99. The van der Waals surface area contributed by atoms with Crippen LogP contribution in [0.3, 0.4) is 0 Å². The van der Waals surface area contributed by atoms with E-state index in [1.807, 2.05) is 29.2 Å². The van der Waals surface area contributed by atoms with Crippen LogP contribution in [0.5, 0.6) is 0 Å². The molecule has 4 aromatic rings. The zero-order chi connectivity index (χ0) is 21.5. The summed E-state index contributed by atoms with van der Waals surface area (Å²) < 4.78 is 5.64. The van der Waals surface area contributed by atoms with Gasteiger partial charge in [0.05, 0.1) is 17.3 Å². The van der Waals surface area contributed by atoms with Crippen molar-refractivity contribution in [3.63, 3.8) is 0 Å². The highest BCUT2D eigenvalue weighted by atomic mass is 16.3. The first-order valence-corrected chi connectivity index (χ1v) is 10.9. The van der Waals surface area contributed by atoms with Crippen LogP contribution in [0.1, 0.15) is 33.7 Å². The van der Waals surface area contributed by atoms with Crippen molar-refractivity contribution in [2.45, 2.75) is 19.4 Å². The van der Waals surface area contributed by atoms with E-state index < -0.39 is 0 Å². The first-order chi connectivity index (χ1) is 15.8. The molecule has 158 valence electrons. The molecule has 3 heterocycles. The van der Waals surface area contributed by atoms with E-state index in [0.717, 1.165) is 35.1 Å². The Morgan fingerprint density at radius 1 is 1.06 bits per heavy atom. The van der Waals surface area contributed by atoms with Crippen LogP contribution in [-0.2, 0) is 13.0 Å². The van der Waals surface area contributed by atoms with E-state index in [1.165, 1.54) is 22.3 Å². The number of anilines is 1. The molecule has 0 spiro atoms. The lowest BCUT2D eigenvalue weighted by Gasteiger charge is -2.28. The van der Waals surface area contributed by atoms with Gasteiger partial charge in [0.25, 0.3) is 5.91 Å². The molecule has 0 unspecified atom stereocenters. The Labute approximate surface area is 185 Å². The van der Waals surface area contributed by atoms with E-state index in [9.17, 15) is 4.79 Å². The van der Waals surface area contributed by atoms with E-state index in [0.29, 0.717) is 25.4 Å². The van der Waals surface area contributed by atoms with Crippen molar-refractivity contribution in [3.05, 3.63) is 95.2 Å². The van der Waals surface area contributed by atoms with Crippen LogP contribution in [0.25, 0.3) is 16.6 Å². The van der Waals surface area contributed by atoms with Gasteiger partial charge in [0, 0.05) is 43.3 Å². The molecule has 0 saturated heterocycles. The van der Waals surface area contributed by atoms with Gasteiger partial charge in [-0.2, -0.15) is 0 Å². The molecule has 0 radical (unpaired) electrons. The molecule has 1 aliphatic heterocycles. The molecule has 32 heavy (non-hydrogen) atoms. The highest BCUT2D eigenvalue weighted by molar-refractivity contribution is 5.94. The molecule has 2 aromatic carbocycles. The second-order valence-corrected chi connectivity index (χ2v) is 8.28. The zero-order valence-corrected chi connectivity index (χ0v) is 17.5. The van der Waals surface area contributed by atoms with E-state index in [4.69, 9.17) is 4.42 Å². The molecule has 0 atom stereocenters. The summed E-state index contributed by atoms with van der Waals surface area (Å²) in [7, 11) is 0. The fraction of sp³-hybridized carbons (Fsp3) is 0.192. The maximum Gasteiger partial charge on any atom is 0.290 e. The minimum Gasteiger partial charge on any atom is -0.459 e. The topological polar surface area (TPSA) is 71.3 Å². The van der Waals surface area contributed by atoms with Gasteiger partial charge in [-0.05, 0) is 59.4 Å². The standard InChI is InChI=1S/C26H22N4O2/c31-26(30-11-7-22-19(16-30)13-17-3-1-2-4-21(17)22)25-18(8-12-32-25)15-29-20-5-6-23-24(14-20)28-10-9-27-23/h1-6,8-10,12,14,29H,7,11,13,15-16H2. The Kier molecular flexibility index (Phi) is 4.49. The third kappa shape index (κ3) is 3.24. The predicted octanol–water partition coefficient (Wildman–Crippen LogP) is 4.69. The first-order valence-electron chi connectivity index (χ1n) is 10.9. The van der Waals surface area contributed by atoms with Gasteiger partial charge in [0.2, 0.25) is 0 Å². The number of furan rings is 1. The highest BCUT2D eigenvalue weighted by Gasteiger charge is 2.31. The Hall–Kier alpha value is -3.93. The molecule has 1 amide bonds. The third-order valence-electron chi connectivity index (χ3n) is 6.37. The molecular formula is C26H22N4O2. The van der Waals surface area contributed by atoms with Crippen molar-refractivity contribution in [2.75, 3.05) is 18.4 Å². The van der Waals surface area contributed by atoms with Gasteiger partial charge in [0.1, 0.15) is 0 Å². The average molecular weight is 422 g/mol. The normalized spacial score (nSPS) is 15.1. The molecule has 6 heteroatoms. The van der Waals surface area contributed by atoms with Gasteiger partial charge in [-0.25, -0.2) is 0 Å². The minimum absolute atomic E-state index is 0.0429. The van der Waals surface area contributed by atoms with Crippen LogP contribution >= 0.6 is 0 Å². The number of carbonyl (C=O) groups is 1. The number of hydrogen-bond acceptors (Lipinski definition) is 5. The van der Waals surface area contributed by atoms with Crippen LogP contribution in [0.4, 0.5) is 5.69 Å². The van der Waals surface area contributed by atoms with Crippen molar-refractivity contribution < 1.29 is 9.21 Å². The number of nitrogens with zero attached hydrogens (tertiary/aromatic N) is 3. The maximum atomic E-state index is 13.3. The van der Waals surface area contributed by atoms with Crippen LogP contribution in [0.2, 0.25) is 0 Å². The van der Waals surface area contributed by atoms with Crippen molar-refractivity contribution in [1.82, 2.24) is 14.9 Å². The number of aromatic nitrogens is 2. The summed E-state index contributed by atoms with van der Waals surface area (Å²) >= 11 is 0. The minimum atomic E-state index is -0.0429. The Morgan fingerprint density at radius 2 is 1.94 bits per heavy atom. The molecule has 2 aliphatic rings. The summed E-state index contributed by atoms with van der Waals surface area (Å²) in [6.07, 6.45) is 6.79. The van der Waals surface area contributed by atoms with E-state index in [1.54, 1.807) is 18.7 Å². The number of amides is 1. The summed E-state index contributed by atoms with van der Waals surface area (Å²) in [5, 5.41) is 3.38. The molecule has 1 N–H and O–H groups in total. The molecular weight excluding hydrogens is 400 g/mol. The van der Waals surface area contributed by atoms with E-state index in [-0.39, 0.29) is 5.91 Å². The maximum absolute atomic E-state index is 13.3. The lowest BCUT2D eigenvalue weighted by Crippen LogP contribution is -2.36. The Morgan fingerprint density at radius 3 is 2.88 bits per heavy atom. The highest BCUT2D eigenvalue weighted by Crippen LogP contribution is 2.38. The number of fused-ring (bicyclic) bond motifs is 3. The number of nitrogens with one attached hydrogen (secondary N) is 1. The molecule has 2 aromatic heterocycles. The number of hydrogen-bond donors (Lipinski definition) is 1. The lowest BCUT2D eigenvalue weighted by molar-refractivity contribution is 0.0734. The Bertz CT molecular complexity index is 1370. The number of benzene rings is 2. The fourth-order valence-corrected chi connectivity index (χ4v) is 4.76. The summed E-state index contributed by atoms with van der Waals surface area (Å²) in [6, 6.07) is 16.3. The van der Waals surface area contributed by atoms with Gasteiger partial charge >= 0.3 is 0 Å². The molecule has 1 aliphatic carbocycles. The van der Waals surface area contributed by atoms with Gasteiger partial charge in [-0.3, -0.25) is 14.8 Å². The van der Waals surface area contributed by atoms with Gasteiger partial charge in [-0.15, -0.1) is 0 Å². The van der Waals surface area contributed by atoms with Crippen LogP contribution in [0.15, 0.2) is 77.2 Å². The second-order valence-electron chi connectivity index (χ2n) is 8.28. The predicted molar refractivity (Wildman–Crippen MR) is 123 cm³/mol. The third-order valence-corrected chi connectivity index (χ3v) is 6.37. The number of rotatable bonds is 4. The van der Waals surface area contributed by atoms with Gasteiger partial charge < -0.3 is 14.6 Å². The smallest absolute Gasteiger partial charge is 0.290 e. The van der Waals surface area contributed by atoms with E-state index in [2.05, 4.69) is 39.6 Å².